The van der Waals surface area contributed by atoms with E-state index in [4.69, 9.17) is 9.47 Å². The van der Waals surface area contributed by atoms with Gasteiger partial charge >= 0.3 is 12.1 Å². The van der Waals surface area contributed by atoms with Crippen molar-refractivity contribution < 1.29 is 27.4 Å². The third kappa shape index (κ3) is 4.84. The molecule has 0 radical (unpaired) electrons. The number of benzene rings is 3. The molecule has 4 rings (SSSR count). The number of hydrogen-bond acceptors (Lipinski definition) is 5. The van der Waals surface area contributed by atoms with Gasteiger partial charge in [-0.3, -0.25) is 9.78 Å². The molecule has 0 bridgehead atoms. The summed E-state index contributed by atoms with van der Waals surface area (Å²) < 4.78 is 51.3. The minimum Gasteiger partial charge on any atom is -0.489 e. The van der Waals surface area contributed by atoms with Crippen LogP contribution in [0, 0.1) is 11.3 Å². The Balaban J connectivity index is 1.67. The maximum Gasteiger partial charge on any atom is 0.418 e. The van der Waals surface area contributed by atoms with Crippen molar-refractivity contribution in [2.75, 3.05) is 0 Å². The number of aromatic nitrogens is 1. The number of ether oxygens (including phenoxy) is 2. The first kappa shape index (κ1) is 22.8. The largest absolute Gasteiger partial charge is 0.489 e. The van der Waals surface area contributed by atoms with Crippen LogP contribution in [0.5, 0.6) is 11.5 Å². The first-order valence-corrected chi connectivity index (χ1v) is 10.2. The van der Waals surface area contributed by atoms with Crippen LogP contribution < -0.4 is 9.47 Å². The zero-order valence-corrected chi connectivity index (χ0v) is 17.9. The number of carbonyl (C=O) groups is 1. The summed E-state index contributed by atoms with van der Waals surface area (Å²) in [6, 6.07) is 19.4. The second-order valence-electron chi connectivity index (χ2n) is 7.41. The van der Waals surface area contributed by atoms with Crippen LogP contribution in [0.2, 0.25) is 0 Å². The Morgan fingerprint density at radius 3 is 2.44 bits per heavy atom. The fourth-order valence-corrected chi connectivity index (χ4v) is 3.58. The van der Waals surface area contributed by atoms with Gasteiger partial charge in [0.25, 0.3) is 0 Å². The van der Waals surface area contributed by atoms with Crippen molar-refractivity contribution in [1.29, 1.82) is 5.26 Å². The molecule has 4 aromatic rings. The van der Waals surface area contributed by atoms with Crippen LogP contribution >= 0.6 is 0 Å². The molecule has 0 N–H and O–H groups in total. The molecule has 0 amide bonds. The molecule has 0 unspecified atom stereocenters. The Kier molecular flexibility index (Phi) is 6.19. The Bertz CT molecular complexity index is 1410. The molecule has 170 valence electrons. The molecule has 0 atom stereocenters. The Labute approximate surface area is 193 Å². The van der Waals surface area contributed by atoms with Gasteiger partial charge in [-0.25, -0.2) is 0 Å². The number of halogens is 3. The van der Waals surface area contributed by atoms with Crippen LogP contribution in [0.15, 0.2) is 72.9 Å². The van der Waals surface area contributed by atoms with E-state index in [-0.39, 0.29) is 23.1 Å². The SMILES string of the molecule is CC(=O)Oc1ccc(COc2cccc(-c3c(C#N)cnc4c(C(F)(F)F)cccc34)c2)cc1. The minimum absolute atomic E-state index is 0.157. The van der Waals surface area contributed by atoms with Crippen molar-refractivity contribution in [2.24, 2.45) is 0 Å². The van der Waals surface area contributed by atoms with E-state index in [2.05, 4.69) is 4.98 Å². The van der Waals surface area contributed by atoms with Crippen LogP contribution in [0.25, 0.3) is 22.0 Å². The monoisotopic (exact) mass is 462 g/mol. The summed E-state index contributed by atoms with van der Waals surface area (Å²) in [6.45, 7) is 1.53. The lowest BCUT2D eigenvalue weighted by atomic mass is 9.95. The number of fused-ring (bicyclic) bond motifs is 1. The molecule has 8 heteroatoms. The van der Waals surface area contributed by atoms with Crippen LogP contribution in [-0.4, -0.2) is 11.0 Å². The molecule has 34 heavy (non-hydrogen) atoms. The fourth-order valence-electron chi connectivity index (χ4n) is 3.58. The summed E-state index contributed by atoms with van der Waals surface area (Å²) in [6.07, 6.45) is -3.42. The number of nitrogens with zero attached hydrogens (tertiary/aromatic N) is 2. The zero-order chi connectivity index (χ0) is 24.3. The standard InChI is InChI=1S/C26H17F3N2O3/c1-16(32)34-20-10-8-17(9-11-20)15-33-21-5-2-4-18(12-21)24-19(13-30)14-31-25-22(24)6-3-7-23(25)26(27,28)29/h2-12,14H,15H2,1H3. The molecule has 0 spiro atoms. The number of hydrogen-bond donors (Lipinski definition) is 0. The van der Waals surface area contributed by atoms with Crippen molar-refractivity contribution in [1.82, 2.24) is 4.98 Å². The third-order valence-electron chi connectivity index (χ3n) is 5.04. The predicted octanol–water partition coefficient (Wildman–Crippen LogP) is 6.30. The van der Waals surface area contributed by atoms with Gasteiger partial charge in [0.05, 0.1) is 16.6 Å². The maximum atomic E-state index is 13.5. The van der Waals surface area contributed by atoms with Crippen LogP contribution in [0.4, 0.5) is 13.2 Å². The second kappa shape index (κ2) is 9.24. The molecule has 0 aliphatic carbocycles. The molecular weight excluding hydrogens is 445 g/mol. The number of esters is 1. The zero-order valence-electron chi connectivity index (χ0n) is 17.9. The van der Waals surface area contributed by atoms with E-state index in [9.17, 15) is 23.2 Å². The smallest absolute Gasteiger partial charge is 0.418 e. The molecule has 1 heterocycles. The Morgan fingerprint density at radius 1 is 1.03 bits per heavy atom. The summed E-state index contributed by atoms with van der Waals surface area (Å²) in [5.74, 6) is 0.482. The summed E-state index contributed by atoms with van der Waals surface area (Å²) >= 11 is 0. The number of carbonyl (C=O) groups excluding carboxylic acids is 1. The topological polar surface area (TPSA) is 72.2 Å². The van der Waals surface area contributed by atoms with Gasteiger partial charge in [-0.2, -0.15) is 18.4 Å². The first-order chi connectivity index (χ1) is 16.3. The molecule has 5 nitrogen and oxygen atoms in total. The normalized spacial score (nSPS) is 11.1. The van der Waals surface area contributed by atoms with Gasteiger partial charge in [0, 0.05) is 24.1 Å². The van der Waals surface area contributed by atoms with Crippen LogP contribution in [0.3, 0.4) is 0 Å². The Hall–Kier alpha value is -4.38. The second-order valence-corrected chi connectivity index (χ2v) is 7.41. The average Bonchev–Trinajstić information content (AvgIpc) is 2.81. The average molecular weight is 462 g/mol. The van der Waals surface area contributed by atoms with E-state index in [1.165, 1.54) is 19.1 Å². The summed E-state index contributed by atoms with van der Waals surface area (Å²) in [4.78, 5) is 14.9. The van der Waals surface area contributed by atoms with Crippen molar-refractivity contribution >= 4 is 16.9 Å². The van der Waals surface area contributed by atoms with Crippen molar-refractivity contribution in [2.45, 2.75) is 19.7 Å². The van der Waals surface area contributed by atoms with E-state index < -0.39 is 17.7 Å². The molecule has 0 fully saturated rings. The van der Waals surface area contributed by atoms with Gasteiger partial charge in [-0.15, -0.1) is 0 Å². The van der Waals surface area contributed by atoms with Gasteiger partial charge in [0.15, 0.2) is 0 Å². The predicted molar refractivity (Wildman–Crippen MR) is 119 cm³/mol. The van der Waals surface area contributed by atoms with Gasteiger partial charge in [-0.1, -0.05) is 36.4 Å². The van der Waals surface area contributed by atoms with Crippen LogP contribution in [0.1, 0.15) is 23.6 Å². The lowest BCUT2D eigenvalue weighted by molar-refractivity contribution is -0.136. The van der Waals surface area contributed by atoms with E-state index in [1.54, 1.807) is 48.5 Å². The van der Waals surface area contributed by atoms with Gasteiger partial charge in [-0.05, 0) is 41.5 Å². The third-order valence-corrected chi connectivity index (χ3v) is 5.04. The van der Waals surface area contributed by atoms with Crippen LogP contribution in [-0.2, 0) is 17.6 Å². The summed E-state index contributed by atoms with van der Waals surface area (Å²) in [5.41, 5.74) is 0.789. The molecule has 0 saturated heterocycles. The maximum absolute atomic E-state index is 13.5. The van der Waals surface area contributed by atoms with E-state index in [0.29, 0.717) is 22.6 Å². The lowest BCUT2D eigenvalue weighted by Gasteiger charge is -2.14. The first-order valence-electron chi connectivity index (χ1n) is 10.2. The van der Waals surface area contributed by atoms with Gasteiger partial charge < -0.3 is 9.47 Å². The molecular formula is C26H17F3N2O3. The number of rotatable bonds is 5. The highest BCUT2D eigenvalue weighted by molar-refractivity contribution is 5.98. The van der Waals surface area contributed by atoms with Crippen molar-refractivity contribution in [3.05, 3.63) is 89.6 Å². The molecule has 0 saturated carbocycles. The highest BCUT2D eigenvalue weighted by Gasteiger charge is 2.33. The number of alkyl halides is 3. The van der Waals surface area contributed by atoms with Gasteiger partial charge in [0.2, 0.25) is 0 Å². The quantitative estimate of drug-likeness (QED) is 0.257. The van der Waals surface area contributed by atoms with Gasteiger partial charge in [0.1, 0.15) is 24.2 Å². The highest BCUT2D eigenvalue weighted by Crippen LogP contribution is 2.39. The van der Waals surface area contributed by atoms with Crippen molar-refractivity contribution in [3.8, 4) is 28.7 Å². The minimum atomic E-state index is -4.58. The van der Waals surface area contributed by atoms with E-state index >= 15 is 0 Å². The van der Waals surface area contributed by atoms with E-state index in [0.717, 1.165) is 17.8 Å². The van der Waals surface area contributed by atoms with E-state index in [1.807, 2.05) is 6.07 Å². The molecule has 1 aromatic heterocycles. The number of nitriles is 1. The Morgan fingerprint density at radius 2 is 1.76 bits per heavy atom. The fraction of sp³-hybridized carbons (Fsp3) is 0.115. The molecule has 0 aliphatic rings. The lowest BCUT2D eigenvalue weighted by Crippen LogP contribution is -2.07. The van der Waals surface area contributed by atoms with Crippen molar-refractivity contribution in [3.63, 3.8) is 0 Å². The summed E-state index contributed by atoms with van der Waals surface area (Å²) in [5, 5.41) is 9.82. The number of para-hydroxylation sites is 1. The highest BCUT2D eigenvalue weighted by atomic mass is 19.4. The summed E-state index contributed by atoms with van der Waals surface area (Å²) in [7, 11) is 0. The molecule has 0 aliphatic heterocycles. The number of pyridine rings is 1. The molecule has 3 aromatic carbocycles.